The molecule has 0 saturated heterocycles. The molecule has 4 nitrogen and oxygen atoms in total. The SMILES string of the molecule is CCN(C(C)C)C(C)(C)Oc1ccccc1N=C(Nc1ccccc1)c1ccccc1. The summed E-state index contributed by atoms with van der Waals surface area (Å²) in [6, 6.07) is 28.6. The first kappa shape index (κ1) is 22.6. The highest BCUT2D eigenvalue weighted by molar-refractivity contribution is 6.09. The predicted molar refractivity (Wildman–Crippen MR) is 131 cm³/mol. The summed E-state index contributed by atoms with van der Waals surface area (Å²) in [5, 5.41) is 3.47. The lowest BCUT2D eigenvalue weighted by molar-refractivity contribution is -0.0697. The number of nitrogens with one attached hydrogen (secondary N) is 1. The molecule has 0 saturated carbocycles. The van der Waals surface area contributed by atoms with Crippen LogP contribution in [-0.2, 0) is 0 Å². The molecule has 0 bridgehead atoms. The highest BCUT2D eigenvalue weighted by atomic mass is 16.5. The van der Waals surface area contributed by atoms with Crippen LogP contribution in [0.25, 0.3) is 0 Å². The molecule has 3 aromatic rings. The topological polar surface area (TPSA) is 36.9 Å². The monoisotopic (exact) mass is 415 g/mol. The van der Waals surface area contributed by atoms with Crippen LogP contribution in [0, 0.1) is 0 Å². The largest absolute Gasteiger partial charge is 0.471 e. The van der Waals surface area contributed by atoms with E-state index in [4.69, 9.17) is 9.73 Å². The Morgan fingerprint density at radius 2 is 1.48 bits per heavy atom. The number of rotatable bonds is 8. The van der Waals surface area contributed by atoms with Crippen molar-refractivity contribution in [3.8, 4) is 5.75 Å². The van der Waals surface area contributed by atoms with Crippen molar-refractivity contribution >= 4 is 17.2 Å². The van der Waals surface area contributed by atoms with Crippen molar-refractivity contribution in [2.45, 2.75) is 46.4 Å². The number of amidine groups is 1. The van der Waals surface area contributed by atoms with Crippen LogP contribution in [-0.4, -0.2) is 29.0 Å². The summed E-state index contributed by atoms with van der Waals surface area (Å²) in [6.45, 7) is 11.7. The Bertz CT molecular complexity index is 982. The summed E-state index contributed by atoms with van der Waals surface area (Å²) in [6.07, 6.45) is 0. The molecular weight excluding hydrogens is 382 g/mol. The van der Waals surface area contributed by atoms with Gasteiger partial charge < -0.3 is 10.1 Å². The number of hydrogen-bond donors (Lipinski definition) is 1. The van der Waals surface area contributed by atoms with E-state index >= 15 is 0 Å². The van der Waals surface area contributed by atoms with Gasteiger partial charge in [-0.1, -0.05) is 67.6 Å². The average molecular weight is 416 g/mol. The van der Waals surface area contributed by atoms with Crippen molar-refractivity contribution in [2.24, 2.45) is 4.99 Å². The Labute approximate surface area is 186 Å². The van der Waals surface area contributed by atoms with Gasteiger partial charge in [0.15, 0.2) is 5.72 Å². The molecule has 0 radical (unpaired) electrons. The number of nitrogens with zero attached hydrogens (tertiary/aromatic N) is 2. The first-order valence-electron chi connectivity index (χ1n) is 10.9. The van der Waals surface area contributed by atoms with Crippen molar-refractivity contribution in [2.75, 3.05) is 11.9 Å². The van der Waals surface area contributed by atoms with E-state index in [9.17, 15) is 0 Å². The van der Waals surface area contributed by atoms with Gasteiger partial charge >= 0.3 is 0 Å². The Kier molecular flexibility index (Phi) is 7.48. The maximum Gasteiger partial charge on any atom is 0.158 e. The smallest absolute Gasteiger partial charge is 0.158 e. The van der Waals surface area contributed by atoms with E-state index in [1.807, 2.05) is 72.8 Å². The van der Waals surface area contributed by atoms with Crippen LogP contribution in [0.4, 0.5) is 11.4 Å². The van der Waals surface area contributed by atoms with Gasteiger partial charge in [0.2, 0.25) is 0 Å². The van der Waals surface area contributed by atoms with E-state index in [1.165, 1.54) is 0 Å². The molecule has 0 amide bonds. The second-order valence-corrected chi connectivity index (χ2v) is 8.21. The van der Waals surface area contributed by atoms with Crippen LogP contribution in [0.3, 0.4) is 0 Å². The van der Waals surface area contributed by atoms with Crippen LogP contribution in [0.1, 0.15) is 40.2 Å². The van der Waals surface area contributed by atoms with Crippen molar-refractivity contribution in [3.05, 3.63) is 90.5 Å². The molecule has 3 aromatic carbocycles. The zero-order chi connectivity index (χ0) is 22.3. The minimum Gasteiger partial charge on any atom is -0.471 e. The van der Waals surface area contributed by atoms with Crippen molar-refractivity contribution < 1.29 is 4.74 Å². The van der Waals surface area contributed by atoms with E-state index in [0.29, 0.717) is 6.04 Å². The Morgan fingerprint density at radius 1 is 0.903 bits per heavy atom. The average Bonchev–Trinajstić information content (AvgIpc) is 2.75. The molecule has 0 spiro atoms. The lowest BCUT2D eigenvalue weighted by atomic mass is 10.1. The number of hydrogen-bond acceptors (Lipinski definition) is 3. The third kappa shape index (κ3) is 5.96. The summed E-state index contributed by atoms with van der Waals surface area (Å²) in [5.41, 5.74) is 2.32. The first-order chi connectivity index (χ1) is 14.9. The number of benzene rings is 3. The second-order valence-electron chi connectivity index (χ2n) is 8.21. The van der Waals surface area contributed by atoms with E-state index in [2.05, 4.69) is 57.0 Å². The lowest BCUT2D eigenvalue weighted by Gasteiger charge is -2.40. The second kappa shape index (κ2) is 10.3. The van der Waals surface area contributed by atoms with Gasteiger partial charge in [0.05, 0.1) is 0 Å². The summed E-state index contributed by atoms with van der Waals surface area (Å²) in [5.74, 6) is 1.53. The van der Waals surface area contributed by atoms with Crippen molar-refractivity contribution in [1.82, 2.24) is 4.90 Å². The number of aliphatic imine (C=N–C) groups is 1. The van der Waals surface area contributed by atoms with Gasteiger partial charge in [-0.25, -0.2) is 4.99 Å². The van der Waals surface area contributed by atoms with Gasteiger partial charge in [-0.3, -0.25) is 4.90 Å². The molecule has 0 aromatic heterocycles. The summed E-state index contributed by atoms with van der Waals surface area (Å²) < 4.78 is 6.53. The molecule has 0 atom stereocenters. The maximum absolute atomic E-state index is 6.53. The summed E-state index contributed by atoms with van der Waals surface area (Å²) >= 11 is 0. The molecule has 0 aliphatic rings. The van der Waals surface area contributed by atoms with Gasteiger partial charge in [0, 0.05) is 17.3 Å². The van der Waals surface area contributed by atoms with Crippen LogP contribution >= 0.6 is 0 Å². The molecule has 0 unspecified atom stereocenters. The Morgan fingerprint density at radius 3 is 2.10 bits per heavy atom. The number of ether oxygens (including phenoxy) is 1. The Hall–Kier alpha value is -3.11. The van der Waals surface area contributed by atoms with E-state index in [-0.39, 0.29) is 0 Å². The third-order valence-electron chi connectivity index (χ3n) is 5.20. The van der Waals surface area contributed by atoms with Crippen LogP contribution < -0.4 is 10.1 Å². The molecule has 162 valence electrons. The molecule has 3 rings (SSSR count). The molecule has 4 heteroatoms. The fraction of sp³-hybridized carbons (Fsp3) is 0.296. The normalized spacial score (nSPS) is 12.3. The van der Waals surface area contributed by atoms with E-state index < -0.39 is 5.72 Å². The molecular formula is C27H33N3O. The maximum atomic E-state index is 6.53. The molecule has 0 fully saturated rings. The zero-order valence-electron chi connectivity index (χ0n) is 19.2. The molecule has 31 heavy (non-hydrogen) atoms. The fourth-order valence-corrected chi connectivity index (χ4v) is 3.87. The molecule has 0 aliphatic heterocycles. The van der Waals surface area contributed by atoms with Crippen molar-refractivity contribution in [3.63, 3.8) is 0 Å². The summed E-state index contributed by atoms with van der Waals surface area (Å²) in [7, 11) is 0. The van der Waals surface area contributed by atoms with Crippen molar-refractivity contribution in [1.29, 1.82) is 0 Å². The van der Waals surface area contributed by atoms with Gasteiger partial charge in [-0.2, -0.15) is 0 Å². The lowest BCUT2D eigenvalue weighted by Crippen LogP contribution is -2.51. The highest BCUT2D eigenvalue weighted by Gasteiger charge is 2.30. The minimum absolute atomic E-state index is 0.371. The van der Waals surface area contributed by atoms with Crippen LogP contribution in [0.15, 0.2) is 89.9 Å². The minimum atomic E-state index is -0.464. The van der Waals surface area contributed by atoms with Gasteiger partial charge in [-0.05, 0) is 58.5 Å². The van der Waals surface area contributed by atoms with E-state index in [0.717, 1.165) is 35.1 Å². The summed E-state index contributed by atoms with van der Waals surface area (Å²) in [4.78, 5) is 7.33. The first-order valence-corrected chi connectivity index (χ1v) is 10.9. The molecule has 0 heterocycles. The standard InChI is InChI=1S/C27H33N3O/c1-6-30(21(2)3)27(4,5)31-25-20-14-13-19-24(25)29-26(22-15-9-7-10-16-22)28-23-17-11-8-12-18-23/h7-21H,6H2,1-5H3,(H,28,29). The third-order valence-corrected chi connectivity index (χ3v) is 5.20. The highest BCUT2D eigenvalue weighted by Crippen LogP contribution is 2.32. The van der Waals surface area contributed by atoms with Crippen LogP contribution in [0.5, 0.6) is 5.75 Å². The van der Waals surface area contributed by atoms with E-state index in [1.54, 1.807) is 0 Å². The van der Waals surface area contributed by atoms with Gasteiger partial charge in [0.25, 0.3) is 0 Å². The quantitative estimate of drug-likeness (QED) is 0.252. The van der Waals surface area contributed by atoms with Gasteiger partial charge in [-0.15, -0.1) is 0 Å². The molecule has 0 aliphatic carbocycles. The van der Waals surface area contributed by atoms with Crippen LogP contribution in [0.2, 0.25) is 0 Å². The van der Waals surface area contributed by atoms with Gasteiger partial charge in [0.1, 0.15) is 17.3 Å². The number of para-hydroxylation sites is 3. The predicted octanol–water partition coefficient (Wildman–Crippen LogP) is 6.72. The molecule has 1 N–H and O–H groups in total. The number of anilines is 1. The Balaban J connectivity index is 1.99. The fourth-order valence-electron chi connectivity index (χ4n) is 3.87. The zero-order valence-corrected chi connectivity index (χ0v) is 19.2.